The zero-order valence-electron chi connectivity index (χ0n) is 13.0. The van der Waals surface area contributed by atoms with Crippen LogP contribution in [0.3, 0.4) is 0 Å². The van der Waals surface area contributed by atoms with Gasteiger partial charge in [-0.15, -0.1) is 0 Å². The molecule has 0 spiro atoms. The molecule has 1 saturated carbocycles. The minimum Gasteiger partial charge on any atom is -0.481 e. The van der Waals surface area contributed by atoms with Crippen LogP contribution in [0.4, 0.5) is 4.79 Å². The van der Waals surface area contributed by atoms with Crippen LogP contribution >= 0.6 is 0 Å². The molecule has 21 heavy (non-hydrogen) atoms. The molecule has 0 aromatic heterocycles. The third kappa shape index (κ3) is 4.33. The summed E-state index contributed by atoms with van der Waals surface area (Å²) in [6.07, 6.45) is 5.44. The molecule has 1 heterocycles. The van der Waals surface area contributed by atoms with Crippen LogP contribution in [0.2, 0.25) is 0 Å². The monoisotopic (exact) mass is 297 g/mol. The zero-order valence-corrected chi connectivity index (χ0v) is 13.0. The van der Waals surface area contributed by atoms with Gasteiger partial charge in [0.2, 0.25) is 0 Å². The number of carbonyl (C=O) groups is 2. The lowest BCUT2D eigenvalue weighted by atomic mass is 9.85. The fourth-order valence-electron chi connectivity index (χ4n) is 3.36. The van der Waals surface area contributed by atoms with Crippen molar-refractivity contribution < 1.29 is 14.7 Å². The summed E-state index contributed by atoms with van der Waals surface area (Å²) in [5, 5.41) is 12.7. The van der Waals surface area contributed by atoms with E-state index in [0.29, 0.717) is 12.1 Å². The number of amides is 2. The third-order valence-electron chi connectivity index (χ3n) is 4.70. The van der Waals surface area contributed by atoms with Gasteiger partial charge in [0.1, 0.15) is 0 Å². The number of hydrogen-bond donors (Lipinski definition) is 2. The molecular weight excluding hydrogens is 270 g/mol. The topological polar surface area (TPSA) is 72.9 Å². The lowest BCUT2D eigenvalue weighted by molar-refractivity contribution is -0.142. The predicted molar refractivity (Wildman–Crippen MR) is 80.2 cm³/mol. The SMILES string of the molecule is CN(C)C(=O)N1CCC(NC2CCC(C(=O)O)CC2)CC1. The Morgan fingerprint density at radius 2 is 1.52 bits per heavy atom. The van der Waals surface area contributed by atoms with E-state index in [-0.39, 0.29) is 11.9 Å². The maximum atomic E-state index is 11.9. The van der Waals surface area contributed by atoms with Crippen LogP contribution < -0.4 is 5.32 Å². The molecule has 0 bridgehead atoms. The highest BCUT2D eigenvalue weighted by molar-refractivity contribution is 5.73. The Hall–Kier alpha value is -1.30. The van der Waals surface area contributed by atoms with Gasteiger partial charge in [-0.25, -0.2) is 4.79 Å². The van der Waals surface area contributed by atoms with Gasteiger partial charge in [0.15, 0.2) is 0 Å². The summed E-state index contributed by atoms with van der Waals surface area (Å²) >= 11 is 0. The number of likely N-dealkylation sites (tertiary alicyclic amines) is 1. The van der Waals surface area contributed by atoms with Crippen molar-refractivity contribution in [2.45, 2.75) is 50.6 Å². The number of urea groups is 1. The highest BCUT2D eigenvalue weighted by Gasteiger charge is 2.29. The number of piperidine rings is 1. The van der Waals surface area contributed by atoms with E-state index in [1.165, 1.54) is 0 Å². The van der Waals surface area contributed by atoms with Crippen LogP contribution in [0.15, 0.2) is 0 Å². The van der Waals surface area contributed by atoms with E-state index < -0.39 is 5.97 Å². The maximum Gasteiger partial charge on any atom is 0.319 e. The Balaban J connectivity index is 1.70. The van der Waals surface area contributed by atoms with E-state index in [1.807, 2.05) is 4.90 Å². The van der Waals surface area contributed by atoms with Crippen LogP contribution in [0.25, 0.3) is 0 Å². The third-order valence-corrected chi connectivity index (χ3v) is 4.70. The molecule has 0 aromatic rings. The minimum absolute atomic E-state index is 0.0930. The number of carboxylic acid groups (broad SMARTS) is 1. The minimum atomic E-state index is -0.649. The molecule has 0 aromatic carbocycles. The van der Waals surface area contributed by atoms with Gasteiger partial charge >= 0.3 is 12.0 Å². The Kier molecular flexibility index (Phi) is 5.45. The first-order valence-corrected chi connectivity index (χ1v) is 7.92. The number of carbonyl (C=O) groups excluding carboxylic acids is 1. The number of nitrogens with zero attached hydrogens (tertiary/aromatic N) is 2. The zero-order chi connectivity index (χ0) is 15.4. The first-order chi connectivity index (χ1) is 9.97. The van der Waals surface area contributed by atoms with Gasteiger partial charge in [0, 0.05) is 39.3 Å². The fourth-order valence-corrected chi connectivity index (χ4v) is 3.36. The smallest absolute Gasteiger partial charge is 0.319 e. The maximum absolute atomic E-state index is 11.9. The highest BCUT2D eigenvalue weighted by atomic mass is 16.4. The number of rotatable bonds is 3. The molecular formula is C15H27N3O3. The second kappa shape index (κ2) is 7.11. The summed E-state index contributed by atoms with van der Waals surface area (Å²) in [6.45, 7) is 1.61. The molecule has 2 rings (SSSR count). The predicted octanol–water partition coefficient (Wildman–Crippen LogP) is 1.37. The van der Waals surface area contributed by atoms with Crippen molar-refractivity contribution >= 4 is 12.0 Å². The van der Waals surface area contributed by atoms with Gasteiger partial charge in [-0.3, -0.25) is 4.79 Å². The average Bonchev–Trinajstić information content (AvgIpc) is 2.47. The van der Waals surface area contributed by atoms with E-state index in [2.05, 4.69) is 5.32 Å². The van der Waals surface area contributed by atoms with E-state index in [9.17, 15) is 9.59 Å². The summed E-state index contributed by atoms with van der Waals surface area (Å²) in [5.41, 5.74) is 0. The van der Waals surface area contributed by atoms with Crippen molar-refractivity contribution in [3.63, 3.8) is 0 Å². The van der Waals surface area contributed by atoms with Crippen molar-refractivity contribution in [3.05, 3.63) is 0 Å². The molecule has 1 aliphatic carbocycles. The second-order valence-corrected chi connectivity index (χ2v) is 6.49. The van der Waals surface area contributed by atoms with Crippen molar-refractivity contribution in [2.24, 2.45) is 5.92 Å². The number of carboxylic acids is 1. The van der Waals surface area contributed by atoms with Gasteiger partial charge in [0.05, 0.1) is 5.92 Å². The molecule has 0 atom stereocenters. The van der Waals surface area contributed by atoms with Crippen LogP contribution in [0.5, 0.6) is 0 Å². The highest BCUT2D eigenvalue weighted by Crippen LogP contribution is 2.25. The summed E-state index contributed by atoms with van der Waals surface area (Å²) in [7, 11) is 3.57. The van der Waals surface area contributed by atoms with E-state index >= 15 is 0 Å². The largest absolute Gasteiger partial charge is 0.481 e. The van der Waals surface area contributed by atoms with E-state index in [1.54, 1.807) is 19.0 Å². The van der Waals surface area contributed by atoms with E-state index in [0.717, 1.165) is 51.6 Å². The van der Waals surface area contributed by atoms with Crippen molar-refractivity contribution in [2.75, 3.05) is 27.2 Å². The van der Waals surface area contributed by atoms with Crippen LogP contribution in [-0.2, 0) is 4.79 Å². The van der Waals surface area contributed by atoms with Crippen LogP contribution in [0.1, 0.15) is 38.5 Å². The fraction of sp³-hybridized carbons (Fsp3) is 0.867. The number of nitrogens with one attached hydrogen (secondary N) is 1. The normalized spacial score (nSPS) is 27.4. The first kappa shape index (κ1) is 16.1. The lowest BCUT2D eigenvalue weighted by Gasteiger charge is -2.37. The Bertz CT molecular complexity index is 370. The molecule has 1 aliphatic heterocycles. The van der Waals surface area contributed by atoms with Gasteiger partial charge in [-0.05, 0) is 38.5 Å². The Labute approximate surface area is 126 Å². The summed E-state index contributed by atoms with van der Waals surface area (Å²) in [4.78, 5) is 26.3. The van der Waals surface area contributed by atoms with Gasteiger partial charge < -0.3 is 20.2 Å². The lowest BCUT2D eigenvalue weighted by Crippen LogP contribution is -2.50. The summed E-state index contributed by atoms with van der Waals surface area (Å²) in [6, 6.07) is 1.000. The van der Waals surface area contributed by atoms with Gasteiger partial charge in [0.25, 0.3) is 0 Å². The summed E-state index contributed by atoms with van der Waals surface area (Å²) < 4.78 is 0. The second-order valence-electron chi connectivity index (χ2n) is 6.49. The molecule has 0 unspecified atom stereocenters. The van der Waals surface area contributed by atoms with E-state index in [4.69, 9.17) is 5.11 Å². The standard InChI is InChI=1S/C15H27N3O3/c1-17(2)15(21)18-9-7-13(8-10-18)16-12-5-3-11(4-6-12)14(19)20/h11-13,16H,3-10H2,1-2H3,(H,19,20). The van der Waals surface area contributed by atoms with Gasteiger partial charge in [-0.1, -0.05) is 0 Å². The molecule has 2 aliphatic rings. The van der Waals surface area contributed by atoms with Crippen molar-refractivity contribution in [1.82, 2.24) is 15.1 Å². The Morgan fingerprint density at radius 1 is 1.00 bits per heavy atom. The molecule has 6 heteroatoms. The molecule has 6 nitrogen and oxygen atoms in total. The van der Waals surface area contributed by atoms with Gasteiger partial charge in [-0.2, -0.15) is 0 Å². The molecule has 2 N–H and O–H groups in total. The molecule has 1 saturated heterocycles. The number of aliphatic carboxylic acids is 1. The molecule has 2 amide bonds. The van der Waals surface area contributed by atoms with Crippen molar-refractivity contribution in [3.8, 4) is 0 Å². The Morgan fingerprint density at radius 3 is 2.00 bits per heavy atom. The van der Waals surface area contributed by atoms with Crippen molar-refractivity contribution in [1.29, 1.82) is 0 Å². The quantitative estimate of drug-likeness (QED) is 0.825. The van der Waals surface area contributed by atoms with Crippen LogP contribution in [0, 0.1) is 5.92 Å². The average molecular weight is 297 g/mol. The van der Waals surface area contributed by atoms with Crippen LogP contribution in [-0.4, -0.2) is 66.2 Å². The number of hydrogen-bond acceptors (Lipinski definition) is 3. The summed E-state index contributed by atoms with van der Waals surface area (Å²) in [5.74, 6) is -0.799. The molecule has 2 fully saturated rings. The first-order valence-electron chi connectivity index (χ1n) is 7.92. The molecule has 120 valence electrons. The molecule has 0 radical (unpaired) electrons.